The van der Waals surface area contributed by atoms with Crippen LogP contribution in [-0.4, -0.2) is 19.1 Å². The van der Waals surface area contributed by atoms with Crippen molar-refractivity contribution in [2.75, 3.05) is 0 Å². The molecule has 0 saturated carbocycles. The van der Waals surface area contributed by atoms with Crippen molar-refractivity contribution in [1.29, 1.82) is 0 Å². The van der Waals surface area contributed by atoms with E-state index in [4.69, 9.17) is 18.8 Å². The van der Waals surface area contributed by atoms with E-state index < -0.39 is 0 Å². The van der Waals surface area contributed by atoms with Gasteiger partial charge in [0.25, 0.3) is 0 Å². The monoisotopic (exact) mass is 742 g/mol. The first-order valence-electron chi connectivity index (χ1n) is 19.5. The molecule has 58 heavy (non-hydrogen) atoms. The number of fused-ring (bicyclic) bond motifs is 13. The van der Waals surface area contributed by atoms with Crippen LogP contribution in [0.25, 0.3) is 122 Å². The molecule has 0 amide bonds. The summed E-state index contributed by atoms with van der Waals surface area (Å²) in [6, 6.07) is 63.6. The first-order valence-corrected chi connectivity index (χ1v) is 19.5. The van der Waals surface area contributed by atoms with Crippen molar-refractivity contribution in [1.82, 2.24) is 19.1 Å². The molecule has 0 atom stereocenters. The van der Waals surface area contributed by atoms with Crippen LogP contribution in [0.4, 0.5) is 0 Å². The zero-order valence-corrected chi connectivity index (χ0v) is 30.9. The van der Waals surface area contributed by atoms with E-state index in [0.29, 0.717) is 5.95 Å². The molecule has 270 valence electrons. The Morgan fingerprint density at radius 1 is 0.328 bits per heavy atom. The number of aromatic nitrogens is 4. The van der Waals surface area contributed by atoms with E-state index in [-0.39, 0.29) is 0 Å². The predicted molar refractivity (Wildman–Crippen MR) is 236 cm³/mol. The second-order valence-corrected chi connectivity index (χ2v) is 15.0. The van der Waals surface area contributed by atoms with Crippen LogP contribution in [0.3, 0.4) is 0 Å². The number of hydrogen-bond donors (Lipinski definition) is 0. The number of nitrogens with zero attached hydrogens (tertiary/aromatic N) is 4. The molecule has 6 heteroatoms. The van der Waals surface area contributed by atoms with Crippen molar-refractivity contribution in [3.63, 3.8) is 0 Å². The van der Waals surface area contributed by atoms with Crippen LogP contribution in [0, 0.1) is 0 Å². The number of benzene rings is 8. The van der Waals surface area contributed by atoms with Gasteiger partial charge in [0.2, 0.25) is 5.95 Å². The zero-order valence-electron chi connectivity index (χ0n) is 30.9. The predicted octanol–water partition coefficient (Wildman–Crippen LogP) is 13.8. The second-order valence-electron chi connectivity index (χ2n) is 15.0. The lowest BCUT2D eigenvalue weighted by atomic mass is 10.0. The van der Waals surface area contributed by atoms with Crippen LogP contribution in [-0.2, 0) is 0 Å². The van der Waals surface area contributed by atoms with Gasteiger partial charge in [0.05, 0.1) is 33.5 Å². The molecule has 0 aliphatic carbocycles. The van der Waals surface area contributed by atoms with Crippen molar-refractivity contribution in [3.8, 4) is 34.2 Å². The molecule has 0 aliphatic rings. The highest BCUT2D eigenvalue weighted by molar-refractivity contribution is 6.28. The highest BCUT2D eigenvalue weighted by Gasteiger charge is 2.23. The molecule has 5 aromatic heterocycles. The molecule has 0 spiro atoms. The Morgan fingerprint density at radius 3 is 1.34 bits per heavy atom. The van der Waals surface area contributed by atoms with Gasteiger partial charge >= 0.3 is 0 Å². The first kappa shape index (κ1) is 31.3. The van der Waals surface area contributed by atoms with E-state index in [1.54, 1.807) is 0 Å². The number of rotatable bonds is 4. The molecule has 0 aliphatic heterocycles. The van der Waals surface area contributed by atoms with Crippen LogP contribution in [0.15, 0.2) is 191 Å². The van der Waals surface area contributed by atoms with Crippen molar-refractivity contribution >= 4 is 87.5 Å². The van der Waals surface area contributed by atoms with Gasteiger partial charge in [0.1, 0.15) is 22.3 Å². The topological polar surface area (TPSA) is 61.9 Å². The number of furan rings is 2. The fourth-order valence-corrected chi connectivity index (χ4v) is 9.19. The fourth-order valence-electron chi connectivity index (χ4n) is 9.19. The van der Waals surface area contributed by atoms with E-state index in [2.05, 4.69) is 167 Å². The summed E-state index contributed by atoms with van der Waals surface area (Å²) in [6.45, 7) is 0. The highest BCUT2D eigenvalue weighted by atomic mass is 16.3. The third-order valence-electron chi connectivity index (χ3n) is 11.7. The largest absolute Gasteiger partial charge is 0.456 e. The second kappa shape index (κ2) is 11.8. The lowest BCUT2D eigenvalue weighted by molar-refractivity contribution is 0.668. The van der Waals surface area contributed by atoms with E-state index in [0.717, 1.165) is 99.5 Å². The molecular formula is C52H30N4O2. The third kappa shape index (κ3) is 4.42. The minimum atomic E-state index is 0.596. The summed E-state index contributed by atoms with van der Waals surface area (Å²) in [5.41, 5.74) is 12.5. The standard InChI is InChI=1S/C52H30N4O2/c1-2-12-33(13-3-1)55-42-18-8-4-16-36(42)50-44(55)24-25-45-51(50)37-17-5-9-19-43(37)56(45)52-53-40(31-22-26-48-38(28-31)34-14-6-10-20-46(34)57-48)30-41(54-52)32-23-27-49-39(29-32)35-15-7-11-21-47(35)58-49/h1-30H. The molecule has 0 radical (unpaired) electrons. The van der Waals surface area contributed by atoms with Crippen molar-refractivity contribution in [2.24, 2.45) is 0 Å². The van der Waals surface area contributed by atoms with E-state index in [1.807, 2.05) is 24.3 Å². The number of hydrogen-bond acceptors (Lipinski definition) is 4. The van der Waals surface area contributed by atoms with Gasteiger partial charge in [0.15, 0.2) is 0 Å². The lowest BCUT2D eigenvalue weighted by Crippen LogP contribution is -2.04. The van der Waals surface area contributed by atoms with Crippen LogP contribution in [0.1, 0.15) is 0 Å². The zero-order chi connectivity index (χ0) is 37.9. The van der Waals surface area contributed by atoms with E-state index in [1.165, 1.54) is 16.2 Å². The maximum absolute atomic E-state index is 6.23. The Kier molecular flexibility index (Phi) is 6.35. The average molecular weight is 743 g/mol. The van der Waals surface area contributed by atoms with Gasteiger partial charge in [-0.3, -0.25) is 4.57 Å². The Balaban J connectivity index is 1.12. The molecule has 13 aromatic rings. The van der Waals surface area contributed by atoms with Crippen molar-refractivity contribution in [2.45, 2.75) is 0 Å². The van der Waals surface area contributed by atoms with E-state index >= 15 is 0 Å². The van der Waals surface area contributed by atoms with Crippen LogP contribution < -0.4 is 0 Å². The summed E-state index contributed by atoms with van der Waals surface area (Å²) < 4.78 is 17.1. The van der Waals surface area contributed by atoms with Gasteiger partial charge in [-0.1, -0.05) is 91.0 Å². The van der Waals surface area contributed by atoms with Crippen LogP contribution in [0.2, 0.25) is 0 Å². The molecule has 0 fully saturated rings. The summed E-state index contributed by atoms with van der Waals surface area (Å²) in [7, 11) is 0. The van der Waals surface area contributed by atoms with Gasteiger partial charge in [-0.15, -0.1) is 0 Å². The maximum atomic E-state index is 6.23. The van der Waals surface area contributed by atoms with Crippen LogP contribution in [0.5, 0.6) is 0 Å². The van der Waals surface area contributed by atoms with Crippen molar-refractivity contribution in [3.05, 3.63) is 182 Å². The quantitative estimate of drug-likeness (QED) is 0.180. The Labute approximate surface area is 330 Å². The minimum absolute atomic E-state index is 0.596. The smallest absolute Gasteiger partial charge is 0.235 e. The third-order valence-corrected chi connectivity index (χ3v) is 11.7. The first-order chi connectivity index (χ1) is 28.7. The average Bonchev–Trinajstić information content (AvgIpc) is 4.03. The SMILES string of the molecule is c1ccc(-n2c3ccccc3c3c4c5ccccc5n(-c5nc(-c6ccc7oc8ccccc8c7c6)cc(-c6ccc7oc8ccccc8c7c6)n5)c4ccc32)cc1. The maximum Gasteiger partial charge on any atom is 0.235 e. The molecular weight excluding hydrogens is 713 g/mol. The normalized spacial score (nSPS) is 12.1. The van der Waals surface area contributed by atoms with Gasteiger partial charge in [-0.2, -0.15) is 0 Å². The molecule has 8 aromatic carbocycles. The molecule has 13 rings (SSSR count). The van der Waals surface area contributed by atoms with Gasteiger partial charge < -0.3 is 13.4 Å². The number of para-hydroxylation sites is 5. The van der Waals surface area contributed by atoms with Gasteiger partial charge in [-0.25, -0.2) is 9.97 Å². The van der Waals surface area contributed by atoms with E-state index in [9.17, 15) is 0 Å². The summed E-state index contributed by atoms with van der Waals surface area (Å²) in [6.07, 6.45) is 0. The van der Waals surface area contributed by atoms with Gasteiger partial charge in [0, 0.05) is 59.9 Å². The summed E-state index contributed by atoms with van der Waals surface area (Å²) >= 11 is 0. The summed E-state index contributed by atoms with van der Waals surface area (Å²) in [5.74, 6) is 0.596. The molecule has 0 bridgehead atoms. The lowest BCUT2D eigenvalue weighted by Gasteiger charge is -2.12. The molecule has 0 unspecified atom stereocenters. The Morgan fingerprint density at radius 2 is 0.776 bits per heavy atom. The summed E-state index contributed by atoms with van der Waals surface area (Å²) in [4.78, 5) is 10.9. The summed E-state index contributed by atoms with van der Waals surface area (Å²) in [5, 5.41) is 8.98. The van der Waals surface area contributed by atoms with Crippen molar-refractivity contribution < 1.29 is 8.83 Å². The highest BCUT2D eigenvalue weighted by Crippen LogP contribution is 2.43. The molecule has 0 N–H and O–H groups in total. The van der Waals surface area contributed by atoms with Gasteiger partial charge in [-0.05, 0) is 91.0 Å². The Bertz CT molecular complexity index is 3680. The minimum Gasteiger partial charge on any atom is -0.456 e. The Hall–Kier alpha value is -7.96. The molecule has 5 heterocycles. The molecule has 6 nitrogen and oxygen atoms in total. The fraction of sp³-hybridized carbons (Fsp3) is 0. The molecule has 0 saturated heterocycles. The van der Waals surface area contributed by atoms with Crippen LogP contribution >= 0.6 is 0 Å².